The minimum Gasteiger partial charge on any atom is -0.469 e. The highest BCUT2D eigenvalue weighted by Gasteiger charge is 2.15. The number of amides is 1. The molecule has 2 heterocycles. The van der Waals surface area contributed by atoms with Crippen molar-refractivity contribution in [2.45, 2.75) is 18.1 Å². The van der Waals surface area contributed by atoms with Crippen molar-refractivity contribution >= 4 is 63.6 Å². The van der Waals surface area contributed by atoms with Crippen molar-refractivity contribution < 1.29 is 14.3 Å². The fourth-order valence-corrected chi connectivity index (χ4v) is 3.82. The first-order valence-electron chi connectivity index (χ1n) is 8.69. The van der Waals surface area contributed by atoms with Crippen LogP contribution in [0.15, 0.2) is 46.5 Å². The normalized spacial score (nSPS) is 10.8. The summed E-state index contributed by atoms with van der Waals surface area (Å²) in [5.41, 5.74) is 0.206. The van der Waals surface area contributed by atoms with Crippen LogP contribution in [-0.2, 0) is 20.9 Å². The number of anilines is 1. The number of halogens is 2. The lowest BCUT2D eigenvalue weighted by atomic mass is 10.2. The second kappa shape index (κ2) is 9.92. The maximum Gasteiger partial charge on any atom is 0.307 e. The lowest BCUT2D eigenvalue weighted by Gasteiger charge is -2.13. The molecule has 8 nitrogen and oxygen atoms in total. The van der Waals surface area contributed by atoms with Crippen LogP contribution in [0.4, 0.5) is 5.82 Å². The molecule has 0 bridgehead atoms. The molecule has 156 valence electrons. The molecule has 0 atom stereocenters. The van der Waals surface area contributed by atoms with Crippen molar-refractivity contribution in [1.82, 2.24) is 14.5 Å². The van der Waals surface area contributed by atoms with E-state index in [1.165, 1.54) is 23.9 Å². The maximum absolute atomic E-state index is 12.9. The molecule has 11 heteroatoms. The van der Waals surface area contributed by atoms with Crippen molar-refractivity contribution in [3.63, 3.8) is 0 Å². The highest BCUT2D eigenvalue weighted by atomic mass is 35.5. The average molecular weight is 467 g/mol. The third kappa shape index (κ3) is 5.29. The van der Waals surface area contributed by atoms with Crippen molar-refractivity contribution in [3.8, 4) is 0 Å². The number of nitrogens with zero attached hydrogens (tertiary/aromatic N) is 3. The van der Waals surface area contributed by atoms with E-state index >= 15 is 0 Å². The number of thioether (sulfide) groups is 1. The van der Waals surface area contributed by atoms with Crippen molar-refractivity contribution in [3.05, 3.63) is 56.9 Å². The highest BCUT2D eigenvalue weighted by Crippen LogP contribution is 2.23. The average Bonchev–Trinajstić information content (AvgIpc) is 2.73. The zero-order chi connectivity index (χ0) is 21.7. The minimum atomic E-state index is -0.452. The molecule has 2 aromatic heterocycles. The first kappa shape index (κ1) is 22.1. The van der Waals surface area contributed by atoms with Gasteiger partial charge in [-0.15, -0.1) is 0 Å². The van der Waals surface area contributed by atoms with Crippen molar-refractivity contribution in [1.29, 1.82) is 0 Å². The van der Waals surface area contributed by atoms with E-state index in [4.69, 9.17) is 23.2 Å². The first-order valence-corrected chi connectivity index (χ1v) is 10.4. The molecule has 0 saturated heterocycles. The third-order valence-electron chi connectivity index (χ3n) is 3.99. The topological polar surface area (TPSA) is 103 Å². The number of fused-ring (bicyclic) bond motifs is 1. The molecule has 0 radical (unpaired) electrons. The number of carbonyl (C=O) groups is 2. The van der Waals surface area contributed by atoms with Gasteiger partial charge in [-0.05, 0) is 18.2 Å². The fraction of sp³-hybridized carbons (Fsp3) is 0.211. The predicted molar refractivity (Wildman–Crippen MR) is 116 cm³/mol. The zero-order valence-electron chi connectivity index (χ0n) is 15.7. The van der Waals surface area contributed by atoms with Gasteiger partial charge in [0.25, 0.3) is 5.56 Å². The molecular formula is C19H16Cl2N4O4S. The number of esters is 1. The summed E-state index contributed by atoms with van der Waals surface area (Å²) in [6, 6.07) is 8.34. The van der Waals surface area contributed by atoms with Crippen LogP contribution in [0.5, 0.6) is 0 Å². The van der Waals surface area contributed by atoms with E-state index in [1.807, 2.05) is 0 Å². The van der Waals surface area contributed by atoms with Gasteiger partial charge < -0.3 is 10.1 Å². The first-order chi connectivity index (χ1) is 14.4. The quantitative estimate of drug-likeness (QED) is 0.323. The SMILES string of the molecule is COC(=O)CCn1c(SCC(=O)Nc2ncc(Cl)cc2Cl)nc2ccccc2c1=O. The summed E-state index contributed by atoms with van der Waals surface area (Å²) in [6.07, 6.45) is 1.37. The fourth-order valence-electron chi connectivity index (χ4n) is 2.56. The van der Waals surface area contributed by atoms with E-state index in [9.17, 15) is 14.4 Å². The Bertz CT molecular complexity index is 1170. The van der Waals surface area contributed by atoms with Crippen LogP contribution in [0, 0.1) is 0 Å². The largest absolute Gasteiger partial charge is 0.469 e. The van der Waals surface area contributed by atoms with Gasteiger partial charge in [-0.3, -0.25) is 19.0 Å². The summed E-state index contributed by atoms with van der Waals surface area (Å²) >= 11 is 12.9. The zero-order valence-corrected chi connectivity index (χ0v) is 18.1. The molecule has 0 aliphatic carbocycles. The summed E-state index contributed by atoms with van der Waals surface area (Å²) in [5.74, 6) is -0.712. The number of para-hydroxylation sites is 1. The number of rotatable bonds is 7. The van der Waals surface area contributed by atoms with Crippen LogP contribution < -0.4 is 10.9 Å². The summed E-state index contributed by atoms with van der Waals surface area (Å²) in [5, 5.41) is 3.88. The number of benzene rings is 1. The van der Waals surface area contributed by atoms with E-state index in [0.29, 0.717) is 21.1 Å². The van der Waals surface area contributed by atoms with E-state index in [1.54, 1.807) is 24.3 Å². The van der Waals surface area contributed by atoms with E-state index in [2.05, 4.69) is 20.0 Å². The Morgan fingerprint density at radius 2 is 2.03 bits per heavy atom. The summed E-state index contributed by atoms with van der Waals surface area (Å²) in [7, 11) is 1.28. The Hall–Kier alpha value is -2.62. The van der Waals surface area contributed by atoms with Gasteiger partial charge >= 0.3 is 5.97 Å². The molecular weight excluding hydrogens is 451 g/mol. The number of nitrogens with one attached hydrogen (secondary N) is 1. The Labute approximate surface area is 185 Å². The summed E-state index contributed by atoms with van der Waals surface area (Å²) in [6.45, 7) is 0.0812. The monoisotopic (exact) mass is 466 g/mol. The van der Waals surface area contributed by atoms with Gasteiger partial charge in [0.05, 0.1) is 40.2 Å². The van der Waals surface area contributed by atoms with Gasteiger partial charge in [-0.1, -0.05) is 47.1 Å². The van der Waals surface area contributed by atoms with Gasteiger partial charge in [0.2, 0.25) is 5.91 Å². The van der Waals surface area contributed by atoms with Gasteiger partial charge in [0.15, 0.2) is 11.0 Å². The molecule has 0 fully saturated rings. The second-order valence-corrected chi connectivity index (χ2v) is 7.80. The van der Waals surface area contributed by atoms with Crippen LogP contribution in [0.2, 0.25) is 10.0 Å². The molecule has 0 unspecified atom stereocenters. The molecule has 0 aliphatic heterocycles. The smallest absolute Gasteiger partial charge is 0.307 e. The molecule has 1 aromatic carbocycles. The summed E-state index contributed by atoms with van der Waals surface area (Å²) in [4.78, 5) is 45.2. The van der Waals surface area contributed by atoms with E-state index in [-0.39, 0.29) is 35.1 Å². The standard InChI is InChI=1S/C19H16Cl2N4O4S/c1-29-16(27)6-7-25-18(28)12-4-2-3-5-14(12)23-19(25)30-10-15(26)24-17-13(21)8-11(20)9-22-17/h2-5,8-9H,6-7,10H2,1H3,(H,22,24,26). The molecule has 3 rings (SSSR count). The van der Waals surface area contributed by atoms with Crippen LogP contribution >= 0.6 is 35.0 Å². The maximum atomic E-state index is 12.9. The third-order valence-corrected chi connectivity index (χ3v) is 5.46. The van der Waals surface area contributed by atoms with Crippen molar-refractivity contribution in [2.24, 2.45) is 0 Å². The molecule has 30 heavy (non-hydrogen) atoms. The molecule has 0 saturated carbocycles. The van der Waals surface area contributed by atoms with Crippen LogP contribution in [0.25, 0.3) is 10.9 Å². The highest BCUT2D eigenvalue weighted by molar-refractivity contribution is 7.99. The van der Waals surface area contributed by atoms with Crippen molar-refractivity contribution in [2.75, 3.05) is 18.2 Å². The van der Waals surface area contributed by atoms with E-state index in [0.717, 1.165) is 11.8 Å². The minimum absolute atomic E-state index is 0.000482. The molecule has 0 spiro atoms. The van der Waals surface area contributed by atoms with Gasteiger partial charge in [-0.2, -0.15) is 0 Å². The number of ether oxygens (including phenoxy) is 1. The second-order valence-electron chi connectivity index (χ2n) is 6.02. The van der Waals surface area contributed by atoms with Gasteiger partial charge in [0, 0.05) is 12.7 Å². The van der Waals surface area contributed by atoms with Crippen LogP contribution in [-0.4, -0.2) is 39.3 Å². The Kier molecular flexibility index (Phi) is 7.30. The predicted octanol–water partition coefficient (Wildman–Crippen LogP) is 3.39. The number of methoxy groups -OCH3 is 1. The van der Waals surface area contributed by atoms with Gasteiger partial charge in [-0.25, -0.2) is 9.97 Å². The van der Waals surface area contributed by atoms with E-state index < -0.39 is 11.9 Å². The summed E-state index contributed by atoms with van der Waals surface area (Å²) < 4.78 is 6.01. The van der Waals surface area contributed by atoms with Crippen LogP contribution in [0.3, 0.4) is 0 Å². The van der Waals surface area contributed by atoms with Gasteiger partial charge in [0.1, 0.15) is 0 Å². The molecule has 1 N–H and O–H groups in total. The Morgan fingerprint density at radius 3 is 2.77 bits per heavy atom. The van der Waals surface area contributed by atoms with Crippen LogP contribution in [0.1, 0.15) is 6.42 Å². The molecule has 0 aliphatic rings. The lowest BCUT2D eigenvalue weighted by Crippen LogP contribution is -2.25. The Balaban J connectivity index is 1.82. The number of carbonyl (C=O) groups excluding carboxylic acids is 2. The Morgan fingerprint density at radius 1 is 1.27 bits per heavy atom. The number of hydrogen-bond acceptors (Lipinski definition) is 7. The molecule has 3 aromatic rings. The number of pyridine rings is 1. The lowest BCUT2D eigenvalue weighted by molar-refractivity contribution is -0.140. The number of hydrogen-bond donors (Lipinski definition) is 1. The number of aromatic nitrogens is 3. The molecule has 1 amide bonds.